The van der Waals surface area contributed by atoms with Crippen molar-refractivity contribution in [3.63, 3.8) is 0 Å². The molecule has 3 aromatic rings. The fourth-order valence-corrected chi connectivity index (χ4v) is 3.07. The molecule has 4 rings (SSSR count). The molecule has 0 spiro atoms. The molecule has 1 aliphatic carbocycles. The maximum Gasteiger partial charge on any atom is 0.345 e. The monoisotopic (exact) mass is 385 g/mol. The van der Waals surface area contributed by atoms with Gasteiger partial charge in [-0.25, -0.2) is 4.79 Å². The smallest absolute Gasteiger partial charge is 0.345 e. The molecule has 0 saturated carbocycles. The van der Waals surface area contributed by atoms with Crippen LogP contribution in [0, 0.1) is 0 Å². The number of carbonyl (C=O) groups is 3. The number of hydrogen-bond acceptors (Lipinski definition) is 6. The van der Waals surface area contributed by atoms with Crippen LogP contribution in [-0.4, -0.2) is 29.6 Å². The Morgan fingerprint density at radius 1 is 0.931 bits per heavy atom. The van der Waals surface area contributed by atoms with E-state index in [0.29, 0.717) is 28.0 Å². The molecule has 0 amide bonds. The van der Waals surface area contributed by atoms with Gasteiger partial charge < -0.3 is 9.47 Å². The first-order valence-electron chi connectivity index (χ1n) is 8.79. The molecular weight excluding hydrogens is 370 g/mol. The predicted molar refractivity (Wildman–Crippen MR) is 105 cm³/mol. The highest BCUT2D eigenvalue weighted by molar-refractivity contribution is 6.41. The van der Waals surface area contributed by atoms with E-state index in [9.17, 15) is 14.4 Å². The number of rotatable bonds is 4. The fraction of sp³-hybridized carbons (Fsp3) is 0.0435. The number of hydrogen-bond donors (Lipinski definition) is 0. The number of ether oxygens (including phenoxy) is 2. The summed E-state index contributed by atoms with van der Waals surface area (Å²) in [4.78, 5) is 41.2. The number of benzene rings is 2. The molecule has 0 N–H and O–H groups in total. The number of Topliss-reactive ketones (excluding diaryl/α,β-unsaturated/α-hetero) is 2. The van der Waals surface area contributed by atoms with Crippen LogP contribution in [0.25, 0.3) is 6.08 Å². The molecule has 0 atom stereocenters. The summed E-state index contributed by atoms with van der Waals surface area (Å²) >= 11 is 0. The number of pyridine rings is 1. The first kappa shape index (κ1) is 18.3. The van der Waals surface area contributed by atoms with Crippen molar-refractivity contribution in [2.24, 2.45) is 0 Å². The molecule has 1 aromatic heterocycles. The van der Waals surface area contributed by atoms with E-state index in [1.165, 1.54) is 19.4 Å². The number of esters is 1. The van der Waals surface area contributed by atoms with Gasteiger partial charge in [-0.05, 0) is 35.9 Å². The second kappa shape index (κ2) is 7.52. The molecule has 0 bridgehead atoms. The Morgan fingerprint density at radius 2 is 1.66 bits per heavy atom. The summed E-state index contributed by atoms with van der Waals surface area (Å²) in [6.45, 7) is 0. The van der Waals surface area contributed by atoms with E-state index in [-0.39, 0.29) is 22.9 Å². The van der Waals surface area contributed by atoms with Gasteiger partial charge in [0, 0.05) is 23.5 Å². The summed E-state index contributed by atoms with van der Waals surface area (Å²) in [5, 5.41) is 0. The molecule has 0 radical (unpaired) electrons. The number of fused-ring (bicyclic) bond motifs is 1. The summed E-state index contributed by atoms with van der Waals surface area (Å²) < 4.78 is 10.7. The fourth-order valence-electron chi connectivity index (χ4n) is 3.07. The zero-order chi connectivity index (χ0) is 20.4. The van der Waals surface area contributed by atoms with Crippen molar-refractivity contribution in [3.8, 4) is 11.5 Å². The third-order valence-corrected chi connectivity index (χ3v) is 4.50. The Morgan fingerprint density at radius 3 is 2.28 bits per heavy atom. The first-order chi connectivity index (χ1) is 14.1. The largest absolute Gasteiger partial charge is 0.493 e. The highest BCUT2D eigenvalue weighted by Crippen LogP contribution is 2.32. The van der Waals surface area contributed by atoms with Crippen molar-refractivity contribution in [3.05, 3.63) is 94.8 Å². The number of carbonyl (C=O) groups excluding carboxylic acids is 3. The van der Waals surface area contributed by atoms with Crippen LogP contribution in [-0.2, 0) is 0 Å². The Balaban J connectivity index is 1.62. The normalized spacial score (nSPS) is 12.5. The highest BCUT2D eigenvalue weighted by atomic mass is 16.6. The van der Waals surface area contributed by atoms with Crippen LogP contribution in [0.2, 0.25) is 0 Å². The Bertz CT molecular complexity index is 1130. The lowest BCUT2D eigenvalue weighted by atomic mass is 10.1. The average Bonchev–Trinajstić information content (AvgIpc) is 3.00. The van der Waals surface area contributed by atoms with E-state index in [4.69, 9.17) is 9.47 Å². The topological polar surface area (TPSA) is 82.6 Å². The molecule has 0 unspecified atom stereocenters. The molecular formula is C23H15NO5. The molecule has 0 saturated heterocycles. The quantitative estimate of drug-likeness (QED) is 0.294. The average molecular weight is 385 g/mol. The number of aromatic nitrogens is 1. The van der Waals surface area contributed by atoms with Gasteiger partial charge in [-0.15, -0.1) is 0 Å². The SMILES string of the molecule is COc1cc(C=C2C(=O)c3ccccc3C2=O)ccc1OC(=O)c1cccnc1. The Kier molecular flexibility index (Phi) is 4.75. The van der Waals surface area contributed by atoms with E-state index in [0.717, 1.165) is 0 Å². The number of methoxy groups -OCH3 is 1. The minimum atomic E-state index is -0.570. The van der Waals surface area contributed by atoms with E-state index in [2.05, 4.69) is 4.98 Å². The minimum absolute atomic E-state index is 0.0911. The van der Waals surface area contributed by atoms with Gasteiger partial charge >= 0.3 is 5.97 Å². The van der Waals surface area contributed by atoms with Gasteiger partial charge in [-0.1, -0.05) is 30.3 Å². The molecule has 1 heterocycles. The molecule has 6 heteroatoms. The van der Waals surface area contributed by atoms with Crippen LogP contribution in [0.15, 0.2) is 72.6 Å². The number of ketones is 2. The van der Waals surface area contributed by atoms with Crippen molar-refractivity contribution in [1.29, 1.82) is 0 Å². The second-order valence-corrected chi connectivity index (χ2v) is 6.30. The second-order valence-electron chi connectivity index (χ2n) is 6.30. The highest BCUT2D eigenvalue weighted by Gasteiger charge is 2.32. The van der Waals surface area contributed by atoms with Gasteiger partial charge in [0.05, 0.1) is 18.2 Å². The van der Waals surface area contributed by atoms with Crippen molar-refractivity contribution in [1.82, 2.24) is 4.98 Å². The maximum absolute atomic E-state index is 12.5. The first-order valence-corrected chi connectivity index (χ1v) is 8.79. The summed E-state index contributed by atoms with van der Waals surface area (Å²) in [7, 11) is 1.44. The molecule has 0 fully saturated rings. The van der Waals surface area contributed by atoms with Gasteiger partial charge in [0.2, 0.25) is 0 Å². The standard InChI is InChI=1S/C23H15NO5/c1-28-20-12-14(8-9-19(20)29-23(27)15-5-4-10-24-13-15)11-18-21(25)16-6-2-3-7-17(16)22(18)26/h2-13H,1H3. The number of allylic oxidation sites excluding steroid dienone is 1. The predicted octanol–water partition coefficient (Wildman–Crippen LogP) is 3.77. The molecule has 6 nitrogen and oxygen atoms in total. The zero-order valence-electron chi connectivity index (χ0n) is 15.4. The lowest BCUT2D eigenvalue weighted by molar-refractivity contribution is 0.0729. The van der Waals surface area contributed by atoms with Crippen LogP contribution in [0.3, 0.4) is 0 Å². The van der Waals surface area contributed by atoms with Gasteiger partial charge in [-0.3, -0.25) is 14.6 Å². The zero-order valence-corrected chi connectivity index (χ0v) is 15.4. The molecule has 0 aliphatic heterocycles. The van der Waals surface area contributed by atoms with Crippen molar-refractivity contribution in [2.75, 3.05) is 7.11 Å². The Labute approximate surface area is 166 Å². The lowest BCUT2D eigenvalue weighted by Crippen LogP contribution is -2.09. The molecule has 29 heavy (non-hydrogen) atoms. The van der Waals surface area contributed by atoms with E-state index >= 15 is 0 Å². The Hall–Kier alpha value is -4.06. The van der Waals surface area contributed by atoms with E-state index < -0.39 is 5.97 Å². The summed E-state index contributed by atoms with van der Waals surface area (Å²) in [5.74, 6) is -0.671. The molecule has 1 aliphatic rings. The van der Waals surface area contributed by atoms with Gasteiger partial charge in [-0.2, -0.15) is 0 Å². The minimum Gasteiger partial charge on any atom is -0.493 e. The number of nitrogens with zero attached hydrogens (tertiary/aromatic N) is 1. The van der Waals surface area contributed by atoms with Gasteiger partial charge in [0.15, 0.2) is 23.1 Å². The van der Waals surface area contributed by atoms with Crippen LogP contribution < -0.4 is 9.47 Å². The summed E-state index contributed by atoms with van der Waals surface area (Å²) in [5.41, 5.74) is 1.78. The van der Waals surface area contributed by atoms with E-state index in [1.54, 1.807) is 60.8 Å². The van der Waals surface area contributed by atoms with Crippen molar-refractivity contribution in [2.45, 2.75) is 0 Å². The molecule has 142 valence electrons. The van der Waals surface area contributed by atoms with Crippen LogP contribution >= 0.6 is 0 Å². The lowest BCUT2D eigenvalue weighted by Gasteiger charge is -2.10. The summed E-state index contributed by atoms with van der Waals surface area (Å²) in [6, 6.07) is 14.7. The van der Waals surface area contributed by atoms with Gasteiger partial charge in [0.1, 0.15) is 0 Å². The van der Waals surface area contributed by atoms with Crippen molar-refractivity contribution < 1.29 is 23.9 Å². The van der Waals surface area contributed by atoms with E-state index in [1.807, 2.05) is 0 Å². The maximum atomic E-state index is 12.5. The summed E-state index contributed by atoms with van der Waals surface area (Å²) in [6.07, 6.45) is 4.48. The van der Waals surface area contributed by atoms with Gasteiger partial charge in [0.25, 0.3) is 0 Å². The van der Waals surface area contributed by atoms with Crippen LogP contribution in [0.1, 0.15) is 36.6 Å². The third kappa shape index (κ3) is 3.43. The van der Waals surface area contributed by atoms with Crippen molar-refractivity contribution >= 4 is 23.6 Å². The third-order valence-electron chi connectivity index (χ3n) is 4.50. The molecule has 2 aromatic carbocycles. The van der Waals surface area contributed by atoms with Crippen LogP contribution in [0.4, 0.5) is 0 Å². The van der Waals surface area contributed by atoms with Crippen LogP contribution in [0.5, 0.6) is 11.5 Å².